The number of ether oxygens (including phenoxy) is 2. The number of amides is 4. The molecule has 136 valence electrons. The summed E-state index contributed by atoms with van der Waals surface area (Å²) in [7, 11) is 3.12. The van der Waals surface area contributed by atoms with Crippen molar-refractivity contribution in [1.29, 1.82) is 0 Å². The van der Waals surface area contributed by atoms with Crippen LogP contribution in [0.1, 0.15) is 18.4 Å². The first-order chi connectivity index (χ1) is 12.0. The van der Waals surface area contributed by atoms with Gasteiger partial charge >= 0.3 is 6.03 Å². The molecule has 1 fully saturated rings. The van der Waals surface area contributed by atoms with Gasteiger partial charge in [0.05, 0.1) is 20.3 Å². The Labute approximate surface area is 146 Å². The number of nitrogens with one attached hydrogen (secondary N) is 2. The fraction of sp³-hybridized carbons (Fsp3) is 0.471. The first-order valence-electron chi connectivity index (χ1n) is 8.05. The second kappa shape index (κ2) is 9.03. The van der Waals surface area contributed by atoms with Gasteiger partial charge in [-0.3, -0.25) is 14.5 Å². The molecule has 2 N–H and O–H groups in total. The summed E-state index contributed by atoms with van der Waals surface area (Å²) in [5, 5.41) is 5.31. The van der Waals surface area contributed by atoms with Gasteiger partial charge in [-0.2, -0.15) is 0 Å². The monoisotopic (exact) mass is 349 g/mol. The van der Waals surface area contributed by atoms with Crippen LogP contribution in [0.3, 0.4) is 0 Å². The average Bonchev–Trinajstić information content (AvgIpc) is 2.88. The Morgan fingerprint density at radius 1 is 1.24 bits per heavy atom. The van der Waals surface area contributed by atoms with Crippen molar-refractivity contribution < 1.29 is 23.9 Å². The molecule has 1 aliphatic rings. The molecule has 25 heavy (non-hydrogen) atoms. The third kappa shape index (κ3) is 5.18. The molecule has 0 saturated carbocycles. The summed E-state index contributed by atoms with van der Waals surface area (Å²) < 4.78 is 9.93. The largest absolute Gasteiger partial charge is 0.497 e. The number of urea groups is 1. The molecule has 1 aromatic rings. The first-order valence-corrected chi connectivity index (χ1v) is 8.05. The van der Waals surface area contributed by atoms with Crippen LogP contribution in [0.5, 0.6) is 5.75 Å². The number of hydrogen-bond donors (Lipinski definition) is 2. The number of carbonyl (C=O) groups is 3. The van der Waals surface area contributed by atoms with E-state index in [4.69, 9.17) is 9.47 Å². The molecule has 2 rings (SSSR count). The Balaban J connectivity index is 1.85. The van der Waals surface area contributed by atoms with Crippen molar-refractivity contribution in [3.05, 3.63) is 29.8 Å². The highest BCUT2D eigenvalue weighted by Gasteiger charge is 2.37. The molecule has 1 unspecified atom stereocenters. The second-order valence-electron chi connectivity index (χ2n) is 5.66. The molecule has 0 aromatic heterocycles. The second-order valence-corrected chi connectivity index (χ2v) is 5.66. The van der Waals surface area contributed by atoms with Gasteiger partial charge in [0, 0.05) is 20.1 Å². The highest BCUT2D eigenvalue weighted by Crippen LogP contribution is 2.17. The number of nitrogens with zero attached hydrogens (tertiary/aromatic N) is 1. The molecule has 1 aromatic carbocycles. The van der Waals surface area contributed by atoms with Crippen molar-refractivity contribution in [3.63, 3.8) is 0 Å². The zero-order valence-corrected chi connectivity index (χ0v) is 14.4. The van der Waals surface area contributed by atoms with Gasteiger partial charge in [0.2, 0.25) is 5.91 Å². The molecule has 1 atom stereocenters. The minimum absolute atomic E-state index is 0.163. The molecule has 0 aliphatic carbocycles. The number of benzene rings is 1. The van der Waals surface area contributed by atoms with E-state index in [1.165, 1.54) is 0 Å². The van der Waals surface area contributed by atoms with Crippen molar-refractivity contribution >= 4 is 17.8 Å². The topological polar surface area (TPSA) is 97.0 Å². The van der Waals surface area contributed by atoms with Gasteiger partial charge in [0.15, 0.2) is 0 Å². The molecular weight excluding hydrogens is 326 g/mol. The molecule has 8 nitrogen and oxygen atoms in total. The van der Waals surface area contributed by atoms with Gasteiger partial charge in [-0.05, 0) is 24.1 Å². The van der Waals surface area contributed by atoms with E-state index in [-0.39, 0.29) is 31.2 Å². The number of imide groups is 1. The van der Waals surface area contributed by atoms with E-state index in [0.29, 0.717) is 18.9 Å². The van der Waals surface area contributed by atoms with E-state index in [1.54, 1.807) is 38.5 Å². The van der Waals surface area contributed by atoms with Gasteiger partial charge < -0.3 is 20.1 Å². The molecule has 1 heterocycles. The van der Waals surface area contributed by atoms with Gasteiger partial charge in [-0.1, -0.05) is 12.1 Å². The summed E-state index contributed by atoms with van der Waals surface area (Å²) in [6, 6.07) is 6.04. The molecule has 8 heteroatoms. The van der Waals surface area contributed by atoms with E-state index < -0.39 is 12.1 Å². The highest BCUT2D eigenvalue weighted by molar-refractivity contribution is 6.04. The fourth-order valence-corrected chi connectivity index (χ4v) is 2.49. The van der Waals surface area contributed by atoms with Crippen molar-refractivity contribution in [2.75, 3.05) is 27.4 Å². The maximum Gasteiger partial charge on any atom is 0.325 e. The fourth-order valence-electron chi connectivity index (χ4n) is 2.49. The minimum Gasteiger partial charge on any atom is -0.497 e. The lowest BCUT2D eigenvalue weighted by atomic mass is 10.1. The minimum atomic E-state index is -0.668. The third-order valence-corrected chi connectivity index (χ3v) is 3.90. The molecule has 0 spiro atoms. The lowest BCUT2D eigenvalue weighted by molar-refractivity contribution is -0.128. The number of methoxy groups -OCH3 is 2. The van der Waals surface area contributed by atoms with E-state index in [1.807, 2.05) is 0 Å². The SMILES string of the molecule is COCCNC(=O)CCC1NC(=O)N(Cc2ccc(OC)cc2)C1=O. The maximum absolute atomic E-state index is 12.4. The molecule has 0 radical (unpaired) electrons. The lowest BCUT2D eigenvalue weighted by Gasteiger charge is -2.13. The van der Waals surface area contributed by atoms with Gasteiger partial charge in [-0.15, -0.1) is 0 Å². The van der Waals surface area contributed by atoms with Gasteiger partial charge in [0.1, 0.15) is 11.8 Å². The molecule has 0 bridgehead atoms. The smallest absolute Gasteiger partial charge is 0.325 e. The maximum atomic E-state index is 12.4. The van der Waals surface area contributed by atoms with Crippen LogP contribution in [0.15, 0.2) is 24.3 Å². The van der Waals surface area contributed by atoms with Crippen LogP contribution in [0.4, 0.5) is 4.79 Å². The Bertz CT molecular complexity index is 617. The third-order valence-electron chi connectivity index (χ3n) is 3.90. The van der Waals surface area contributed by atoms with E-state index in [9.17, 15) is 14.4 Å². The Hall–Kier alpha value is -2.61. The molecular formula is C17H23N3O5. The van der Waals surface area contributed by atoms with Gasteiger partial charge in [-0.25, -0.2) is 4.79 Å². The molecule has 4 amide bonds. The number of hydrogen-bond acceptors (Lipinski definition) is 5. The van der Waals surface area contributed by atoms with E-state index >= 15 is 0 Å². The number of carbonyl (C=O) groups excluding carboxylic acids is 3. The van der Waals surface area contributed by atoms with E-state index in [0.717, 1.165) is 10.5 Å². The number of rotatable bonds is 9. The zero-order valence-electron chi connectivity index (χ0n) is 14.4. The van der Waals surface area contributed by atoms with E-state index in [2.05, 4.69) is 10.6 Å². The van der Waals surface area contributed by atoms with Crippen LogP contribution >= 0.6 is 0 Å². The van der Waals surface area contributed by atoms with Crippen molar-refractivity contribution in [1.82, 2.24) is 15.5 Å². The quantitative estimate of drug-likeness (QED) is 0.504. The zero-order chi connectivity index (χ0) is 18.2. The average molecular weight is 349 g/mol. The van der Waals surface area contributed by atoms with Crippen LogP contribution in [0.2, 0.25) is 0 Å². The summed E-state index contributed by atoms with van der Waals surface area (Å²) in [4.78, 5) is 37.3. The summed E-state index contributed by atoms with van der Waals surface area (Å²) >= 11 is 0. The lowest BCUT2D eigenvalue weighted by Crippen LogP contribution is -2.33. The summed E-state index contributed by atoms with van der Waals surface area (Å²) in [5.41, 5.74) is 0.822. The van der Waals surface area contributed by atoms with Crippen molar-refractivity contribution in [2.24, 2.45) is 0 Å². The molecule has 1 saturated heterocycles. The Kier molecular flexibility index (Phi) is 6.76. The summed E-state index contributed by atoms with van der Waals surface area (Å²) in [6.45, 7) is 1.04. The molecule has 1 aliphatic heterocycles. The van der Waals surface area contributed by atoms with Crippen LogP contribution < -0.4 is 15.4 Å². The normalized spacial score (nSPS) is 16.7. The highest BCUT2D eigenvalue weighted by atomic mass is 16.5. The predicted molar refractivity (Wildman–Crippen MR) is 90.0 cm³/mol. The van der Waals surface area contributed by atoms with Crippen LogP contribution in [-0.2, 0) is 20.9 Å². The van der Waals surface area contributed by atoms with Gasteiger partial charge in [0.25, 0.3) is 5.91 Å². The summed E-state index contributed by atoms with van der Waals surface area (Å²) in [6.07, 6.45) is 0.430. The standard InChI is InChI=1S/C17H23N3O5/c1-24-10-9-18-15(21)8-7-14-16(22)20(17(23)19-14)11-12-3-5-13(25-2)6-4-12/h3-6,14H,7-11H2,1-2H3,(H,18,21)(H,19,23). The van der Waals surface area contributed by atoms with Crippen molar-refractivity contribution in [3.8, 4) is 5.75 Å². The van der Waals surface area contributed by atoms with Crippen LogP contribution in [0, 0.1) is 0 Å². The van der Waals surface area contributed by atoms with Crippen LogP contribution in [-0.4, -0.2) is 56.2 Å². The Morgan fingerprint density at radius 3 is 2.60 bits per heavy atom. The first kappa shape index (κ1) is 18.7. The predicted octanol–water partition coefficient (Wildman–Crippen LogP) is 0.658. The Morgan fingerprint density at radius 2 is 1.96 bits per heavy atom. The van der Waals surface area contributed by atoms with Crippen molar-refractivity contribution in [2.45, 2.75) is 25.4 Å². The summed E-state index contributed by atoms with van der Waals surface area (Å²) in [5.74, 6) is 0.219. The van der Waals surface area contributed by atoms with Crippen LogP contribution in [0.25, 0.3) is 0 Å².